The minimum absolute atomic E-state index is 0.0863. The number of halogens is 4. The molecule has 172 valence electrons. The zero-order valence-electron chi connectivity index (χ0n) is 17.0. The lowest BCUT2D eigenvalue weighted by Gasteiger charge is -2.10. The van der Waals surface area contributed by atoms with Gasteiger partial charge in [-0.1, -0.05) is 29.5 Å². The highest BCUT2D eigenvalue weighted by molar-refractivity contribution is 6.34. The number of alkyl halides is 3. The lowest BCUT2D eigenvalue weighted by atomic mass is 10.0. The van der Waals surface area contributed by atoms with Gasteiger partial charge in [-0.3, -0.25) is 25.2 Å². The maximum atomic E-state index is 13.3. The van der Waals surface area contributed by atoms with Gasteiger partial charge in [-0.25, -0.2) is 4.98 Å². The van der Waals surface area contributed by atoms with Crippen LogP contribution in [0.15, 0.2) is 60.8 Å². The number of nitrogens with one attached hydrogen (secondary N) is 3. The second kappa shape index (κ2) is 10.5. The number of pyridine rings is 1. The molecule has 0 unspecified atom stereocenters. The van der Waals surface area contributed by atoms with E-state index in [1.165, 1.54) is 24.4 Å². The maximum Gasteiger partial charge on any atom is 0.416 e. The summed E-state index contributed by atoms with van der Waals surface area (Å²) in [7, 11) is 0. The second-order valence-electron chi connectivity index (χ2n) is 6.63. The van der Waals surface area contributed by atoms with Crippen molar-refractivity contribution in [2.24, 2.45) is 0 Å². The van der Waals surface area contributed by atoms with Crippen molar-refractivity contribution in [1.82, 2.24) is 15.8 Å². The predicted octanol–water partition coefficient (Wildman–Crippen LogP) is 3.80. The first-order chi connectivity index (χ1) is 16.2. The molecule has 0 aliphatic heterocycles. The number of hydrogen-bond donors (Lipinski definition) is 3. The molecule has 0 aliphatic rings. The number of amides is 3. The van der Waals surface area contributed by atoms with Gasteiger partial charge < -0.3 is 5.32 Å². The summed E-state index contributed by atoms with van der Waals surface area (Å²) in [6.07, 6.45) is -3.08. The number of nitrogens with zero attached hydrogens (tertiary/aromatic N) is 1. The summed E-state index contributed by atoms with van der Waals surface area (Å²) in [5.41, 5.74) is 2.62. The van der Waals surface area contributed by atoms with Gasteiger partial charge in [0.2, 0.25) is 6.41 Å². The fourth-order valence-corrected chi connectivity index (χ4v) is 2.91. The van der Waals surface area contributed by atoms with Gasteiger partial charge in [0.05, 0.1) is 16.1 Å². The summed E-state index contributed by atoms with van der Waals surface area (Å²) < 4.78 is 39.8. The maximum absolute atomic E-state index is 13.3. The number of anilines is 1. The molecule has 3 aromatic rings. The van der Waals surface area contributed by atoms with Crippen LogP contribution in [0.5, 0.6) is 0 Å². The molecule has 1 aromatic heterocycles. The smallest absolute Gasteiger partial charge is 0.307 e. The number of benzene rings is 2. The molecular weight excluding hydrogens is 473 g/mol. The average molecular weight is 487 g/mol. The van der Waals surface area contributed by atoms with Crippen LogP contribution in [-0.4, -0.2) is 23.2 Å². The number of rotatable bonds is 5. The Morgan fingerprint density at radius 3 is 2.41 bits per heavy atom. The van der Waals surface area contributed by atoms with Gasteiger partial charge in [0.15, 0.2) is 0 Å². The first-order valence-corrected chi connectivity index (χ1v) is 9.81. The molecule has 7 nitrogen and oxygen atoms in total. The molecule has 0 bridgehead atoms. The molecule has 2 aromatic carbocycles. The highest BCUT2D eigenvalue weighted by atomic mass is 35.5. The van der Waals surface area contributed by atoms with Crippen molar-refractivity contribution in [1.29, 1.82) is 0 Å². The molecule has 0 spiro atoms. The Labute approximate surface area is 196 Å². The average Bonchev–Trinajstić information content (AvgIpc) is 2.81. The molecule has 3 N–H and O–H groups in total. The standard InChI is InChI=1S/C23H14ClF3N4O3/c24-19-7-6-14(11-18(19)22(34)30-20-3-1-2-8-28-20)4-5-15-9-16(21(33)31-29-13-32)12-17(10-15)23(25,26)27/h1-3,6-13H,(H,29,32)(H,31,33)(H,28,30,34). The fourth-order valence-electron chi connectivity index (χ4n) is 2.70. The van der Waals surface area contributed by atoms with Crippen LogP contribution in [0.4, 0.5) is 19.0 Å². The van der Waals surface area contributed by atoms with E-state index in [4.69, 9.17) is 11.6 Å². The van der Waals surface area contributed by atoms with Gasteiger partial charge >= 0.3 is 6.18 Å². The van der Waals surface area contributed by atoms with Crippen LogP contribution in [0, 0.1) is 11.8 Å². The van der Waals surface area contributed by atoms with Gasteiger partial charge in [0, 0.05) is 22.9 Å². The minimum atomic E-state index is -4.73. The van der Waals surface area contributed by atoms with Crippen LogP contribution < -0.4 is 16.2 Å². The quantitative estimate of drug-likeness (QED) is 0.290. The van der Waals surface area contributed by atoms with Gasteiger partial charge in [-0.15, -0.1) is 0 Å². The van der Waals surface area contributed by atoms with E-state index in [1.54, 1.807) is 18.2 Å². The molecule has 1 heterocycles. The second-order valence-corrected chi connectivity index (χ2v) is 7.03. The van der Waals surface area contributed by atoms with Crippen LogP contribution in [0.2, 0.25) is 5.02 Å². The predicted molar refractivity (Wildman–Crippen MR) is 118 cm³/mol. The summed E-state index contributed by atoms with van der Waals surface area (Å²) in [5, 5.41) is 2.72. The van der Waals surface area contributed by atoms with Crippen molar-refractivity contribution < 1.29 is 27.6 Å². The van der Waals surface area contributed by atoms with Gasteiger partial charge in [-0.05, 0) is 48.5 Å². The first-order valence-electron chi connectivity index (χ1n) is 9.43. The summed E-state index contributed by atoms with van der Waals surface area (Å²) in [5.74, 6) is 4.01. The molecule has 3 rings (SSSR count). The third-order valence-electron chi connectivity index (χ3n) is 4.24. The Morgan fingerprint density at radius 1 is 0.971 bits per heavy atom. The van der Waals surface area contributed by atoms with E-state index < -0.39 is 23.6 Å². The van der Waals surface area contributed by atoms with Crippen LogP contribution >= 0.6 is 11.6 Å². The number of carbonyl (C=O) groups is 3. The topological polar surface area (TPSA) is 100 Å². The monoisotopic (exact) mass is 486 g/mol. The molecule has 34 heavy (non-hydrogen) atoms. The fraction of sp³-hybridized carbons (Fsp3) is 0.0435. The highest BCUT2D eigenvalue weighted by Gasteiger charge is 2.31. The van der Waals surface area contributed by atoms with E-state index in [9.17, 15) is 27.6 Å². The molecule has 0 saturated carbocycles. The zero-order valence-corrected chi connectivity index (χ0v) is 17.8. The SMILES string of the molecule is O=CNNC(=O)c1cc(C#Cc2ccc(Cl)c(C(=O)Nc3ccccn3)c2)cc(C(F)(F)F)c1. The Kier molecular flexibility index (Phi) is 7.50. The summed E-state index contributed by atoms with van der Waals surface area (Å²) in [4.78, 5) is 38.9. The Hall–Kier alpha value is -4.36. The van der Waals surface area contributed by atoms with Crippen molar-refractivity contribution in [3.8, 4) is 11.8 Å². The lowest BCUT2D eigenvalue weighted by Crippen LogP contribution is -2.36. The molecule has 0 saturated heterocycles. The first kappa shape index (κ1) is 24.3. The van der Waals surface area contributed by atoms with E-state index in [2.05, 4.69) is 22.1 Å². The molecule has 0 fully saturated rings. The van der Waals surface area contributed by atoms with E-state index in [0.29, 0.717) is 17.4 Å². The van der Waals surface area contributed by atoms with Crippen LogP contribution in [0.25, 0.3) is 0 Å². The number of hydrazine groups is 1. The van der Waals surface area contributed by atoms with Crippen molar-refractivity contribution in [2.75, 3.05) is 5.32 Å². The number of hydrogen-bond acceptors (Lipinski definition) is 4. The molecule has 0 atom stereocenters. The number of carbonyl (C=O) groups excluding carboxylic acids is 3. The summed E-state index contributed by atoms with van der Waals surface area (Å²) in [6.45, 7) is 0. The molecule has 11 heteroatoms. The molecule has 0 aliphatic carbocycles. The molecule has 0 radical (unpaired) electrons. The third-order valence-corrected chi connectivity index (χ3v) is 4.57. The van der Waals surface area contributed by atoms with Crippen molar-refractivity contribution in [2.45, 2.75) is 6.18 Å². The van der Waals surface area contributed by atoms with Gasteiger partial charge in [0.25, 0.3) is 11.8 Å². The van der Waals surface area contributed by atoms with E-state index in [1.807, 2.05) is 10.9 Å². The number of aromatic nitrogens is 1. The Bertz CT molecular complexity index is 1300. The largest absolute Gasteiger partial charge is 0.416 e. The van der Waals surface area contributed by atoms with Crippen LogP contribution in [-0.2, 0) is 11.0 Å². The molecular formula is C23H14ClF3N4O3. The highest BCUT2D eigenvalue weighted by Crippen LogP contribution is 2.30. The third kappa shape index (κ3) is 6.34. The van der Waals surface area contributed by atoms with Gasteiger partial charge in [0.1, 0.15) is 5.82 Å². The summed E-state index contributed by atoms with van der Waals surface area (Å²) in [6, 6.07) is 11.8. The zero-order chi connectivity index (χ0) is 24.7. The lowest BCUT2D eigenvalue weighted by molar-refractivity contribution is -0.137. The normalized spacial score (nSPS) is 10.5. The van der Waals surface area contributed by atoms with Crippen LogP contribution in [0.3, 0.4) is 0 Å². The van der Waals surface area contributed by atoms with Crippen LogP contribution in [0.1, 0.15) is 37.4 Å². The Morgan fingerprint density at radius 2 is 1.74 bits per heavy atom. The Balaban J connectivity index is 1.92. The minimum Gasteiger partial charge on any atom is -0.307 e. The molecule has 3 amide bonds. The van der Waals surface area contributed by atoms with Crippen molar-refractivity contribution >= 4 is 35.6 Å². The van der Waals surface area contributed by atoms with E-state index in [0.717, 1.165) is 12.1 Å². The summed E-state index contributed by atoms with van der Waals surface area (Å²) >= 11 is 6.11. The van der Waals surface area contributed by atoms with E-state index in [-0.39, 0.29) is 28.1 Å². The van der Waals surface area contributed by atoms with Crippen molar-refractivity contribution in [3.63, 3.8) is 0 Å². The van der Waals surface area contributed by atoms with E-state index >= 15 is 0 Å². The van der Waals surface area contributed by atoms with Gasteiger partial charge in [-0.2, -0.15) is 13.2 Å². The van der Waals surface area contributed by atoms with Crippen molar-refractivity contribution in [3.05, 3.63) is 93.6 Å².